The minimum absolute atomic E-state index is 0.0681. The van der Waals surface area contributed by atoms with E-state index in [1.54, 1.807) is 11.9 Å². The first kappa shape index (κ1) is 11.7. The van der Waals surface area contributed by atoms with Crippen molar-refractivity contribution in [1.82, 2.24) is 5.32 Å². The molecule has 0 atom stereocenters. The maximum absolute atomic E-state index is 13.1. The molecule has 1 aliphatic rings. The molecule has 0 aliphatic carbocycles. The quantitative estimate of drug-likeness (QED) is 0.641. The highest BCUT2D eigenvalue weighted by Gasteiger charge is 2.28. The van der Waals surface area contributed by atoms with Crippen LogP contribution in [0.1, 0.15) is 0 Å². The standard InChI is InChI=1S/C10H11F2N3O2/c1-14(6-4-13-5-6)9-2-7(11)8(12)3-10(9)15(16)17/h2-3,6,13H,4-5H2,1H3. The molecule has 0 radical (unpaired) electrons. The minimum atomic E-state index is -1.21. The maximum atomic E-state index is 13.1. The van der Waals surface area contributed by atoms with Gasteiger partial charge in [-0.05, 0) is 0 Å². The Morgan fingerprint density at radius 2 is 2.00 bits per heavy atom. The lowest BCUT2D eigenvalue weighted by Crippen LogP contribution is -2.56. The average molecular weight is 243 g/mol. The fourth-order valence-corrected chi connectivity index (χ4v) is 1.70. The highest BCUT2D eigenvalue weighted by Crippen LogP contribution is 2.31. The zero-order valence-corrected chi connectivity index (χ0v) is 9.11. The summed E-state index contributed by atoms with van der Waals surface area (Å²) in [5.74, 6) is -2.29. The number of hydrogen-bond acceptors (Lipinski definition) is 4. The highest BCUT2D eigenvalue weighted by molar-refractivity contribution is 5.64. The Hall–Kier alpha value is -1.76. The molecule has 1 aromatic carbocycles. The normalized spacial score (nSPS) is 15.5. The third-order valence-corrected chi connectivity index (χ3v) is 2.90. The predicted molar refractivity (Wildman–Crippen MR) is 58.1 cm³/mol. The second kappa shape index (κ2) is 4.25. The summed E-state index contributed by atoms with van der Waals surface area (Å²) < 4.78 is 26.1. The van der Waals surface area contributed by atoms with Crippen molar-refractivity contribution in [2.24, 2.45) is 0 Å². The second-order valence-electron chi connectivity index (χ2n) is 3.94. The monoisotopic (exact) mass is 243 g/mol. The molecule has 7 heteroatoms. The van der Waals surface area contributed by atoms with E-state index in [2.05, 4.69) is 5.32 Å². The molecule has 1 aliphatic heterocycles. The van der Waals surface area contributed by atoms with Crippen LogP contribution >= 0.6 is 0 Å². The second-order valence-corrected chi connectivity index (χ2v) is 3.94. The Kier molecular flexibility index (Phi) is 2.93. The molecule has 0 unspecified atom stereocenters. The van der Waals surface area contributed by atoms with Gasteiger partial charge in [0.15, 0.2) is 11.6 Å². The average Bonchev–Trinajstić information content (AvgIpc) is 2.18. The van der Waals surface area contributed by atoms with Crippen molar-refractivity contribution in [2.75, 3.05) is 25.0 Å². The van der Waals surface area contributed by atoms with Gasteiger partial charge in [-0.2, -0.15) is 0 Å². The van der Waals surface area contributed by atoms with Crippen molar-refractivity contribution in [3.63, 3.8) is 0 Å². The number of anilines is 1. The van der Waals surface area contributed by atoms with Crippen molar-refractivity contribution < 1.29 is 13.7 Å². The first-order chi connectivity index (χ1) is 8.00. The molecule has 17 heavy (non-hydrogen) atoms. The Morgan fingerprint density at radius 3 is 2.47 bits per heavy atom. The topological polar surface area (TPSA) is 58.4 Å². The predicted octanol–water partition coefficient (Wildman–Crippen LogP) is 1.28. The van der Waals surface area contributed by atoms with Crippen LogP contribution in [-0.4, -0.2) is 31.1 Å². The third-order valence-electron chi connectivity index (χ3n) is 2.90. The number of nitrogens with zero attached hydrogens (tertiary/aromatic N) is 2. The fraction of sp³-hybridized carbons (Fsp3) is 0.400. The zero-order chi connectivity index (χ0) is 12.6. The van der Waals surface area contributed by atoms with Crippen LogP contribution < -0.4 is 10.2 Å². The van der Waals surface area contributed by atoms with Crippen LogP contribution in [0.4, 0.5) is 20.2 Å². The van der Waals surface area contributed by atoms with E-state index in [-0.39, 0.29) is 11.7 Å². The van der Waals surface area contributed by atoms with Crippen molar-refractivity contribution in [3.05, 3.63) is 33.9 Å². The summed E-state index contributed by atoms with van der Waals surface area (Å²) in [6.07, 6.45) is 0. The van der Waals surface area contributed by atoms with E-state index in [4.69, 9.17) is 0 Å². The third kappa shape index (κ3) is 2.05. The first-order valence-corrected chi connectivity index (χ1v) is 5.07. The van der Waals surface area contributed by atoms with Crippen molar-refractivity contribution in [3.8, 4) is 0 Å². The first-order valence-electron chi connectivity index (χ1n) is 5.07. The van der Waals surface area contributed by atoms with Gasteiger partial charge in [-0.25, -0.2) is 8.78 Å². The van der Waals surface area contributed by atoms with Crippen LogP contribution in [0, 0.1) is 21.7 Å². The van der Waals surface area contributed by atoms with Gasteiger partial charge in [-0.1, -0.05) is 0 Å². The molecule has 0 spiro atoms. The van der Waals surface area contributed by atoms with E-state index in [9.17, 15) is 18.9 Å². The van der Waals surface area contributed by atoms with E-state index >= 15 is 0 Å². The molecule has 1 fully saturated rings. The van der Waals surface area contributed by atoms with Gasteiger partial charge in [-0.3, -0.25) is 10.1 Å². The van der Waals surface area contributed by atoms with Gasteiger partial charge in [0.05, 0.1) is 17.0 Å². The maximum Gasteiger partial charge on any atom is 0.295 e. The van der Waals surface area contributed by atoms with Crippen LogP contribution in [0.2, 0.25) is 0 Å². The summed E-state index contributed by atoms with van der Waals surface area (Å²) >= 11 is 0. The van der Waals surface area contributed by atoms with Crippen molar-refractivity contribution in [1.29, 1.82) is 0 Å². The summed E-state index contributed by atoms with van der Waals surface area (Å²) in [6.45, 7) is 1.35. The van der Waals surface area contributed by atoms with Gasteiger partial charge < -0.3 is 10.2 Å². The molecule has 0 saturated carbocycles. The van der Waals surface area contributed by atoms with E-state index < -0.39 is 22.2 Å². The summed E-state index contributed by atoms with van der Waals surface area (Å²) in [7, 11) is 1.63. The Bertz CT molecular complexity index is 463. The molecule has 5 nitrogen and oxygen atoms in total. The Balaban J connectivity index is 2.42. The van der Waals surface area contributed by atoms with Gasteiger partial charge >= 0.3 is 0 Å². The van der Waals surface area contributed by atoms with Crippen molar-refractivity contribution in [2.45, 2.75) is 6.04 Å². The lowest BCUT2D eigenvalue weighted by Gasteiger charge is -2.36. The van der Waals surface area contributed by atoms with Crippen LogP contribution in [-0.2, 0) is 0 Å². The van der Waals surface area contributed by atoms with E-state index in [1.165, 1.54) is 0 Å². The Morgan fingerprint density at radius 1 is 1.41 bits per heavy atom. The molecular weight excluding hydrogens is 232 g/mol. The zero-order valence-electron chi connectivity index (χ0n) is 9.11. The van der Waals surface area contributed by atoms with Gasteiger partial charge in [0.2, 0.25) is 0 Å². The molecule has 0 bridgehead atoms. The highest BCUT2D eigenvalue weighted by atomic mass is 19.2. The van der Waals surface area contributed by atoms with E-state index in [1.807, 2.05) is 0 Å². The number of nitrogens with one attached hydrogen (secondary N) is 1. The number of hydrogen-bond donors (Lipinski definition) is 1. The SMILES string of the molecule is CN(c1cc(F)c(F)cc1[N+](=O)[O-])C1CNC1. The Labute approximate surface area is 96.2 Å². The van der Waals surface area contributed by atoms with Gasteiger partial charge in [0.25, 0.3) is 5.69 Å². The molecule has 1 N–H and O–H groups in total. The smallest absolute Gasteiger partial charge is 0.295 e. The van der Waals surface area contributed by atoms with Crippen LogP contribution in [0.3, 0.4) is 0 Å². The minimum Gasteiger partial charge on any atom is -0.363 e. The lowest BCUT2D eigenvalue weighted by atomic mass is 10.1. The van der Waals surface area contributed by atoms with Gasteiger partial charge in [0.1, 0.15) is 5.69 Å². The number of halogens is 2. The number of likely N-dealkylation sites (N-methyl/N-ethyl adjacent to an activating group) is 1. The number of benzene rings is 1. The van der Waals surface area contributed by atoms with Crippen LogP contribution in [0.25, 0.3) is 0 Å². The van der Waals surface area contributed by atoms with Gasteiger partial charge in [0, 0.05) is 26.2 Å². The van der Waals surface area contributed by atoms with Crippen molar-refractivity contribution >= 4 is 11.4 Å². The summed E-state index contributed by atoms with van der Waals surface area (Å²) in [6, 6.07) is 1.55. The summed E-state index contributed by atoms with van der Waals surface area (Å²) in [5, 5.41) is 13.8. The van der Waals surface area contributed by atoms with Gasteiger partial charge in [-0.15, -0.1) is 0 Å². The summed E-state index contributed by atoms with van der Waals surface area (Å²) in [5.41, 5.74) is -0.321. The number of nitro benzene ring substituents is 1. The summed E-state index contributed by atoms with van der Waals surface area (Å²) in [4.78, 5) is 11.7. The molecule has 1 heterocycles. The number of nitro groups is 1. The van der Waals surface area contributed by atoms with Crippen LogP contribution in [0.5, 0.6) is 0 Å². The molecule has 2 rings (SSSR count). The largest absolute Gasteiger partial charge is 0.363 e. The van der Waals surface area contributed by atoms with E-state index in [0.29, 0.717) is 19.2 Å². The van der Waals surface area contributed by atoms with Crippen LogP contribution in [0.15, 0.2) is 12.1 Å². The fourth-order valence-electron chi connectivity index (χ4n) is 1.70. The molecule has 92 valence electrons. The molecular formula is C10H11F2N3O2. The molecule has 1 aromatic rings. The molecule has 1 saturated heterocycles. The number of rotatable bonds is 3. The molecule has 0 aromatic heterocycles. The lowest BCUT2D eigenvalue weighted by molar-refractivity contribution is -0.384. The van der Waals surface area contributed by atoms with E-state index in [0.717, 1.165) is 6.07 Å². The molecule has 0 amide bonds.